The third-order valence-electron chi connectivity index (χ3n) is 5.59. The number of hydrogen-bond donors (Lipinski definition) is 1. The van der Waals surface area contributed by atoms with Crippen molar-refractivity contribution in [2.75, 3.05) is 5.32 Å². The summed E-state index contributed by atoms with van der Waals surface area (Å²) in [5.74, 6) is -0.715. The Morgan fingerprint density at radius 1 is 1.11 bits per heavy atom. The van der Waals surface area contributed by atoms with E-state index in [1.54, 1.807) is 41.8 Å². The normalized spacial score (nSPS) is 11.1. The molecule has 0 radical (unpaired) electrons. The number of fused-ring (bicyclic) bond motifs is 1. The van der Waals surface area contributed by atoms with E-state index in [0.29, 0.717) is 27.6 Å². The lowest BCUT2D eigenvalue weighted by molar-refractivity contribution is -0.116. The first-order chi connectivity index (χ1) is 17.3. The number of pyridine rings is 2. The van der Waals surface area contributed by atoms with Crippen LogP contribution in [0.4, 0.5) is 10.1 Å². The third kappa shape index (κ3) is 4.60. The third-order valence-corrected chi connectivity index (χ3v) is 5.82. The topological polar surface area (TPSA) is 103 Å². The van der Waals surface area contributed by atoms with Gasteiger partial charge in [0, 0.05) is 28.2 Å². The molecule has 5 aromatic rings. The predicted octanol–water partition coefficient (Wildman–Crippen LogP) is 5.16. The number of aromatic nitrogens is 4. The summed E-state index contributed by atoms with van der Waals surface area (Å²) in [6.07, 6.45) is 1.46. The molecule has 180 valence electrons. The number of halogens is 2. The van der Waals surface area contributed by atoms with Gasteiger partial charge in [0.25, 0.3) is 5.89 Å². The van der Waals surface area contributed by atoms with Crippen LogP contribution in [-0.2, 0) is 11.3 Å². The summed E-state index contributed by atoms with van der Waals surface area (Å²) < 4.78 is 20.5. The van der Waals surface area contributed by atoms with Crippen LogP contribution in [0.3, 0.4) is 0 Å². The Balaban J connectivity index is 1.56. The van der Waals surface area contributed by atoms with Crippen molar-refractivity contribution in [3.63, 3.8) is 0 Å². The minimum Gasteiger partial charge on any atom is -0.333 e. The van der Waals surface area contributed by atoms with Crippen molar-refractivity contribution >= 4 is 34.2 Å². The largest absolute Gasteiger partial charge is 0.333 e. The molecule has 0 saturated carbocycles. The summed E-state index contributed by atoms with van der Waals surface area (Å²) >= 11 is 6.07. The average Bonchev–Trinajstić information content (AvgIpc) is 3.33. The average molecular weight is 504 g/mol. The molecule has 10 heteroatoms. The van der Waals surface area contributed by atoms with Gasteiger partial charge in [0.1, 0.15) is 23.6 Å². The highest BCUT2D eigenvalue weighted by Gasteiger charge is 2.19. The predicted molar refractivity (Wildman–Crippen MR) is 134 cm³/mol. The Bertz CT molecular complexity index is 1700. The second kappa shape index (κ2) is 9.35. The molecule has 1 N–H and O–H groups in total. The van der Waals surface area contributed by atoms with Crippen molar-refractivity contribution in [3.8, 4) is 22.8 Å². The number of hydrogen-bond acceptors (Lipinski definition) is 6. The SMILES string of the molecule is Cc1ccc2c(=O)c(-c3nc(-c4cccc(F)c4)no3)cn(CC(=O)Nc3cc(Cl)ccc3C)c2n1. The van der Waals surface area contributed by atoms with Crippen molar-refractivity contribution in [1.82, 2.24) is 19.7 Å². The van der Waals surface area contributed by atoms with E-state index >= 15 is 0 Å². The van der Waals surface area contributed by atoms with Crippen LogP contribution in [0.25, 0.3) is 33.9 Å². The first kappa shape index (κ1) is 23.4. The number of benzene rings is 2. The van der Waals surface area contributed by atoms with Crippen molar-refractivity contribution < 1.29 is 13.7 Å². The molecule has 0 aliphatic heterocycles. The first-order valence-corrected chi connectivity index (χ1v) is 11.3. The van der Waals surface area contributed by atoms with E-state index in [-0.39, 0.29) is 40.5 Å². The van der Waals surface area contributed by atoms with Gasteiger partial charge in [-0.1, -0.05) is 35.0 Å². The van der Waals surface area contributed by atoms with Gasteiger partial charge in [-0.05, 0) is 55.8 Å². The number of nitrogens with one attached hydrogen (secondary N) is 1. The van der Waals surface area contributed by atoms with Crippen molar-refractivity contribution in [3.05, 3.63) is 93.1 Å². The molecule has 1 amide bonds. The fourth-order valence-corrected chi connectivity index (χ4v) is 3.96. The molecule has 0 saturated heterocycles. The molecule has 3 aromatic heterocycles. The smallest absolute Gasteiger partial charge is 0.263 e. The van der Waals surface area contributed by atoms with E-state index in [0.717, 1.165) is 5.56 Å². The number of carbonyl (C=O) groups excluding carboxylic acids is 1. The number of anilines is 1. The van der Waals surface area contributed by atoms with Crippen LogP contribution in [0.2, 0.25) is 5.02 Å². The van der Waals surface area contributed by atoms with Gasteiger partial charge in [-0.25, -0.2) is 9.37 Å². The van der Waals surface area contributed by atoms with Gasteiger partial charge in [-0.2, -0.15) is 4.98 Å². The highest BCUT2D eigenvalue weighted by Crippen LogP contribution is 2.24. The van der Waals surface area contributed by atoms with Gasteiger partial charge in [0.2, 0.25) is 17.2 Å². The van der Waals surface area contributed by atoms with Crippen LogP contribution in [0, 0.1) is 19.7 Å². The fraction of sp³-hybridized carbons (Fsp3) is 0.115. The minimum atomic E-state index is -0.450. The highest BCUT2D eigenvalue weighted by molar-refractivity contribution is 6.31. The summed E-state index contributed by atoms with van der Waals surface area (Å²) in [4.78, 5) is 35.0. The Morgan fingerprint density at radius 3 is 2.75 bits per heavy atom. The maximum absolute atomic E-state index is 13.6. The van der Waals surface area contributed by atoms with E-state index < -0.39 is 5.82 Å². The molecule has 2 aromatic carbocycles. The molecule has 0 aliphatic carbocycles. The number of rotatable bonds is 5. The number of aryl methyl sites for hydroxylation is 2. The van der Waals surface area contributed by atoms with E-state index in [1.165, 1.54) is 24.4 Å². The second-order valence-corrected chi connectivity index (χ2v) is 8.70. The fourth-order valence-electron chi connectivity index (χ4n) is 3.78. The monoisotopic (exact) mass is 503 g/mol. The minimum absolute atomic E-state index is 0.0541. The molecule has 36 heavy (non-hydrogen) atoms. The molecule has 0 aliphatic rings. The number of amides is 1. The van der Waals surface area contributed by atoms with Gasteiger partial charge in [-0.3, -0.25) is 9.59 Å². The Labute approximate surface area is 209 Å². The summed E-state index contributed by atoms with van der Waals surface area (Å²) in [5.41, 5.74) is 2.57. The molecular formula is C26H19ClFN5O3. The van der Waals surface area contributed by atoms with E-state index in [2.05, 4.69) is 20.4 Å². The van der Waals surface area contributed by atoms with Crippen LogP contribution in [0.5, 0.6) is 0 Å². The molecule has 0 fully saturated rings. The molecule has 0 spiro atoms. The van der Waals surface area contributed by atoms with Gasteiger partial charge in [-0.15, -0.1) is 0 Å². The van der Waals surface area contributed by atoms with Gasteiger partial charge in [0.15, 0.2) is 0 Å². The van der Waals surface area contributed by atoms with Crippen molar-refractivity contribution in [1.29, 1.82) is 0 Å². The summed E-state index contributed by atoms with van der Waals surface area (Å²) in [6, 6.07) is 14.3. The lowest BCUT2D eigenvalue weighted by Gasteiger charge is -2.13. The number of carbonyl (C=O) groups is 1. The van der Waals surface area contributed by atoms with Crippen LogP contribution in [0.15, 0.2) is 70.1 Å². The van der Waals surface area contributed by atoms with Gasteiger partial charge >= 0.3 is 0 Å². The van der Waals surface area contributed by atoms with Crippen LogP contribution in [0.1, 0.15) is 11.3 Å². The van der Waals surface area contributed by atoms with Gasteiger partial charge in [0.05, 0.1) is 5.39 Å². The Hall–Kier alpha value is -4.37. The van der Waals surface area contributed by atoms with E-state index in [4.69, 9.17) is 16.1 Å². The standard InChI is InChI=1S/C26H19ClFN5O3/c1-14-6-8-17(27)11-21(14)30-22(34)13-33-12-20(23(35)19-9-7-15(2)29-25(19)33)26-31-24(32-36-26)16-4-3-5-18(28)10-16/h3-12H,13H2,1-2H3,(H,30,34). The lowest BCUT2D eigenvalue weighted by atomic mass is 10.1. The zero-order valence-corrected chi connectivity index (χ0v) is 20.0. The molecule has 0 unspecified atom stereocenters. The molecule has 3 heterocycles. The van der Waals surface area contributed by atoms with E-state index in [9.17, 15) is 14.0 Å². The Morgan fingerprint density at radius 2 is 1.94 bits per heavy atom. The molecular weight excluding hydrogens is 485 g/mol. The Kier molecular flexibility index (Phi) is 6.07. The molecule has 5 rings (SSSR count). The first-order valence-electron chi connectivity index (χ1n) is 11.0. The molecule has 0 bridgehead atoms. The summed E-state index contributed by atoms with van der Waals surface area (Å²) in [7, 11) is 0. The second-order valence-electron chi connectivity index (χ2n) is 8.26. The van der Waals surface area contributed by atoms with E-state index in [1.807, 2.05) is 13.0 Å². The summed E-state index contributed by atoms with van der Waals surface area (Å²) in [6.45, 7) is 3.51. The number of nitrogens with zero attached hydrogens (tertiary/aromatic N) is 4. The zero-order valence-electron chi connectivity index (χ0n) is 19.3. The van der Waals surface area contributed by atoms with Gasteiger partial charge < -0.3 is 14.4 Å². The lowest BCUT2D eigenvalue weighted by Crippen LogP contribution is -2.22. The quantitative estimate of drug-likeness (QED) is 0.355. The van der Waals surface area contributed by atoms with Crippen LogP contribution < -0.4 is 10.7 Å². The van der Waals surface area contributed by atoms with Crippen molar-refractivity contribution in [2.24, 2.45) is 0 Å². The van der Waals surface area contributed by atoms with Crippen LogP contribution in [-0.4, -0.2) is 25.6 Å². The van der Waals surface area contributed by atoms with Crippen molar-refractivity contribution in [2.45, 2.75) is 20.4 Å². The summed E-state index contributed by atoms with van der Waals surface area (Å²) in [5, 5.41) is 7.52. The maximum Gasteiger partial charge on any atom is 0.263 e. The van der Waals surface area contributed by atoms with Crippen LogP contribution >= 0.6 is 11.6 Å². The molecule has 8 nitrogen and oxygen atoms in total. The maximum atomic E-state index is 13.6. The zero-order chi connectivity index (χ0) is 25.4. The highest BCUT2D eigenvalue weighted by atomic mass is 35.5. The molecule has 0 atom stereocenters.